The van der Waals surface area contributed by atoms with Gasteiger partial charge in [-0.25, -0.2) is 19.4 Å². The fraction of sp³-hybridized carbons (Fsp3) is 0. The van der Waals surface area contributed by atoms with Crippen molar-refractivity contribution in [3.05, 3.63) is 84.4 Å². The highest BCUT2D eigenvalue weighted by molar-refractivity contribution is 6.30. The van der Waals surface area contributed by atoms with E-state index in [0.717, 1.165) is 0 Å². The van der Waals surface area contributed by atoms with Crippen LogP contribution in [-0.4, -0.2) is 25.8 Å². The number of urea groups is 1. The third kappa shape index (κ3) is 4.88. The first-order valence-electron chi connectivity index (χ1n) is 8.59. The van der Waals surface area contributed by atoms with Crippen LogP contribution in [0.5, 0.6) is 11.6 Å². The summed E-state index contributed by atoms with van der Waals surface area (Å²) in [6.07, 6.45) is 4.85. The number of hydrogen-bond acceptors (Lipinski definition) is 5. The second-order valence-electron chi connectivity index (χ2n) is 5.88. The van der Waals surface area contributed by atoms with E-state index < -0.39 is 0 Å². The fourth-order valence-electron chi connectivity index (χ4n) is 2.47. The van der Waals surface area contributed by atoms with Gasteiger partial charge in [0, 0.05) is 34.9 Å². The van der Waals surface area contributed by atoms with Gasteiger partial charge < -0.3 is 15.4 Å². The molecular weight excluding hydrogens is 392 g/mol. The van der Waals surface area contributed by atoms with Gasteiger partial charge in [-0.1, -0.05) is 11.6 Å². The van der Waals surface area contributed by atoms with Crippen molar-refractivity contribution in [1.82, 2.24) is 19.7 Å². The molecule has 2 aromatic carbocycles. The number of carbonyl (C=O) groups is 1. The van der Waals surface area contributed by atoms with E-state index in [1.54, 1.807) is 77.7 Å². The van der Waals surface area contributed by atoms with E-state index in [0.29, 0.717) is 33.8 Å². The van der Waals surface area contributed by atoms with Crippen LogP contribution < -0.4 is 15.4 Å². The molecule has 8 nitrogen and oxygen atoms in total. The van der Waals surface area contributed by atoms with Crippen LogP contribution in [0.3, 0.4) is 0 Å². The lowest BCUT2D eigenvalue weighted by Gasteiger charge is -2.09. The summed E-state index contributed by atoms with van der Waals surface area (Å²) in [5, 5.41) is 10.2. The van der Waals surface area contributed by atoms with Crippen LogP contribution in [0.15, 0.2) is 79.4 Å². The lowest BCUT2D eigenvalue weighted by molar-refractivity contribution is 0.262. The molecule has 0 aliphatic heterocycles. The van der Waals surface area contributed by atoms with E-state index in [1.807, 2.05) is 0 Å². The Morgan fingerprint density at radius 3 is 2.31 bits per heavy atom. The summed E-state index contributed by atoms with van der Waals surface area (Å²) >= 11 is 5.83. The summed E-state index contributed by atoms with van der Waals surface area (Å²) in [6.45, 7) is 0. The standard InChI is InChI=1S/C20H15ClN6O2/c21-14-2-4-15(5-3-14)25-20(28)26-16-6-8-17(9-7-16)29-19-12-18(22-13-23-19)27-11-1-10-24-27/h1-13H,(H2,25,26,28). The maximum atomic E-state index is 12.1. The molecule has 2 amide bonds. The minimum Gasteiger partial charge on any atom is -0.439 e. The minimum atomic E-state index is -0.361. The van der Waals surface area contributed by atoms with Crippen molar-refractivity contribution in [2.45, 2.75) is 0 Å². The second kappa shape index (κ2) is 8.41. The number of halogens is 1. The monoisotopic (exact) mass is 406 g/mol. The summed E-state index contributed by atoms with van der Waals surface area (Å²) in [5.74, 6) is 1.54. The summed E-state index contributed by atoms with van der Waals surface area (Å²) in [7, 11) is 0. The average Bonchev–Trinajstić information content (AvgIpc) is 3.26. The molecule has 0 radical (unpaired) electrons. The molecular formula is C20H15ClN6O2. The first-order chi connectivity index (χ1) is 14.2. The second-order valence-corrected chi connectivity index (χ2v) is 6.31. The van der Waals surface area contributed by atoms with Crippen molar-refractivity contribution >= 4 is 29.0 Å². The zero-order valence-corrected chi connectivity index (χ0v) is 15.7. The molecule has 2 heterocycles. The molecule has 0 saturated heterocycles. The number of anilines is 2. The average molecular weight is 407 g/mol. The summed E-state index contributed by atoms with van der Waals surface area (Å²) in [5.41, 5.74) is 1.26. The first kappa shape index (κ1) is 18.5. The molecule has 0 saturated carbocycles. The van der Waals surface area contributed by atoms with Gasteiger partial charge in [0.05, 0.1) is 0 Å². The fourth-order valence-corrected chi connectivity index (χ4v) is 2.60. The van der Waals surface area contributed by atoms with Gasteiger partial charge in [-0.2, -0.15) is 5.10 Å². The smallest absolute Gasteiger partial charge is 0.323 e. The molecule has 0 aliphatic rings. The van der Waals surface area contributed by atoms with Crippen LogP contribution in [0, 0.1) is 0 Å². The number of benzene rings is 2. The molecule has 4 aromatic rings. The Hall–Kier alpha value is -3.91. The molecule has 0 atom stereocenters. The Balaban J connectivity index is 1.37. The van der Waals surface area contributed by atoms with Crippen molar-refractivity contribution in [3.63, 3.8) is 0 Å². The van der Waals surface area contributed by atoms with E-state index in [1.165, 1.54) is 6.33 Å². The lowest BCUT2D eigenvalue weighted by Crippen LogP contribution is -2.19. The number of amides is 2. The highest BCUT2D eigenvalue weighted by Crippen LogP contribution is 2.22. The van der Waals surface area contributed by atoms with Crippen LogP contribution in [0.25, 0.3) is 5.82 Å². The maximum Gasteiger partial charge on any atom is 0.323 e. The molecule has 0 spiro atoms. The molecule has 144 valence electrons. The van der Waals surface area contributed by atoms with E-state index in [4.69, 9.17) is 16.3 Å². The van der Waals surface area contributed by atoms with Crippen molar-refractivity contribution < 1.29 is 9.53 Å². The Bertz CT molecular complexity index is 1100. The summed E-state index contributed by atoms with van der Waals surface area (Å²) in [4.78, 5) is 20.3. The zero-order chi connectivity index (χ0) is 20.1. The van der Waals surface area contributed by atoms with Crippen LogP contribution in [0.4, 0.5) is 16.2 Å². The Morgan fingerprint density at radius 2 is 1.66 bits per heavy atom. The van der Waals surface area contributed by atoms with E-state index in [9.17, 15) is 4.79 Å². The first-order valence-corrected chi connectivity index (χ1v) is 8.97. The molecule has 9 heteroatoms. The van der Waals surface area contributed by atoms with Gasteiger partial charge in [0.15, 0.2) is 5.82 Å². The number of nitrogens with one attached hydrogen (secondary N) is 2. The number of nitrogens with zero attached hydrogens (tertiary/aromatic N) is 4. The maximum absolute atomic E-state index is 12.1. The van der Waals surface area contributed by atoms with E-state index >= 15 is 0 Å². The molecule has 29 heavy (non-hydrogen) atoms. The van der Waals surface area contributed by atoms with Crippen LogP contribution >= 0.6 is 11.6 Å². The van der Waals surface area contributed by atoms with Crippen LogP contribution in [0.2, 0.25) is 5.02 Å². The highest BCUT2D eigenvalue weighted by Gasteiger charge is 2.06. The summed E-state index contributed by atoms with van der Waals surface area (Å²) < 4.78 is 7.36. The summed E-state index contributed by atoms with van der Waals surface area (Å²) in [6, 6.07) is 16.9. The Kier molecular flexibility index (Phi) is 5.35. The van der Waals surface area contributed by atoms with Gasteiger partial charge in [0.1, 0.15) is 12.1 Å². The molecule has 0 unspecified atom stereocenters. The van der Waals surface area contributed by atoms with Gasteiger partial charge in [-0.05, 0) is 54.6 Å². The zero-order valence-electron chi connectivity index (χ0n) is 15.0. The van der Waals surface area contributed by atoms with Crippen molar-refractivity contribution in [1.29, 1.82) is 0 Å². The predicted molar refractivity (Wildman–Crippen MR) is 110 cm³/mol. The predicted octanol–water partition coefficient (Wildman–Crippen LogP) is 4.75. The minimum absolute atomic E-state index is 0.361. The third-order valence-electron chi connectivity index (χ3n) is 3.80. The van der Waals surface area contributed by atoms with Crippen LogP contribution in [-0.2, 0) is 0 Å². The van der Waals surface area contributed by atoms with Crippen LogP contribution in [0.1, 0.15) is 0 Å². The number of ether oxygens (including phenoxy) is 1. The van der Waals surface area contributed by atoms with E-state index in [-0.39, 0.29) is 6.03 Å². The molecule has 2 N–H and O–H groups in total. The van der Waals surface area contributed by atoms with Gasteiger partial charge in [-0.3, -0.25) is 0 Å². The van der Waals surface area contributed by atoms with Gasteiger partial charge in [0.2, 0.25) is 5.88 Å². The number of carbonyl (C=O) groups excluding carboxylic acids is 1. The normalized spacial score (nSPS) is 10.4. The molecule has 2 aromatic heterocycles. The third-order valence-corrected chi connectivity index (χ3v) is 4.06. The van der Waals surface area contributed by atoms with Crippen molar-refractivity contribution in [3.8, 4) is 17.4 Å². The Morgan fingerprint density at radius 1 is 0.966 bits per heavy atom. The van der Waals surface area contributed by atoms with Crippen molar-refractivity contribution in [2.75, 3.05) is 10.6 Å². The van der Waals surface area contributed by atoms with Gasteiger partial charge in [-0.15, -0.1) is 0 Å². The lowest BCUT2D eigenvalue weighted by atomic mass is 10.3. The Labute approximate surface area is 171 Å². The molecule has 0 aliphatic carbocycles. The quantitative estimate of drug-likeness (QED) is 0.498. The molecule has 4 rings (SSSR count). The molecule has 0 fully saturated rings. The number of rotatable bonds is 5. The SMILES string of the molecule is O=C(Nc1ccc(Cl)cc1)Nc1ccc(Oc2cc(-n3cccn3)ncn2)cc1. The largest absolute Gasteiger partial charge is 0.439 e. The van der Waals surface area contributed by atoms with E-state index in [2.05, 4.69) is 25.7 Å². The van der Waals surface area contributed by atoms with Gasteiger partial charge in [0.25, 0.3) is 0 Å². The highest BCUT2D eigenvalue weighted by atomic mass is 35.5. The van der Waals surface area contributed by atoms with Gasteiger partial charge >= 0.3 is 6.03 Å². The van der Waals surface area contributed by atoms with Crippen molar-refractivity contribution in [2.24, 2.45) is 0 Å². The molecule has 0 bridgehead atoms. The number of aromatic nitrogens is 4. The number of hydrogen-bond donors (Lipinski definition) is 2. The topological polar surface area (TPSA) is 94.0 Å².